The van der Waals surface area contributed by atoms with E-state index in [1.54, 1.807) is 19.4 Å². The quantitative estimate of drug-likeness (QED) is 0.838. The zero-order chi connectivity index (χ0) is 20.1. The molecule has 0 bridgehead atoms. The first-order valence-corrected chi connectivity index (χ1v) is 10.2. The summed E-state index contributed by atoms with van der Waals surface area (Å²) in [6.07, 6.45) is 3.87. The van der Waals surface area contributed by atoms with Crippen LogP contribution < -0.4 is 10.1 Å². The van der Waals surface area contributed by atoms with E-state index in [1.807, 2.05) is 35.2 Å². The number of rotatable bonds is 5. The first-order valence-electron chi connectivity index (χ1n) is 10.2. The fourth-order valence-electron chi connectivity index (χ4n) is 4.06. The van der Waals surface area contributed by atoms with Crippen LogP contribution in [-0.4, -0.2) is 73.2 Å². The summed E-state index contributed by atoms with van der Waals surface area (Å²) in [5, 5.41) is 3.26. The molecule has 2 aliphatic heterocycles. The highest BCUT2D eigenvalue weighted by Gasteiger charge is 2.28. The van der Waals surface area contributed by atoms with Gasteiger partial charge in [-0.3, -0.25) is 9.69 Å². The maximum atomic E-state index is 13.2. The zero-order valence-corrected chi connectivity index (χ0v) is 16.8. The molecule has 3 heterocycles. The van der Waals surface area contributed by atoms with Crippen molar-refractivity contribution in [3.63, 3.8) is 0 Å². The van der Waals surface area contributed by atoms with Crippen molar-refractivity contribution >= 4 is 17.4 Å². The summed E-state index contributed by atoms with van der Waals surface area (Å²) >= 11 is 0. The normalized spacial score (nSPS) is 18.4. The number of methoxy groups -OCH3 is 1. The van der Waals surface area contributed by atoms with Gasteiger partial charge in [-0.25, -0.2) is 4.98 Å². The molecule has 1 amide bonds. The minimum Gasteiger partial charge on any atom is -0.495 e. The number of aromatic nitrogens is 1. The van der Waals surface area contributed by atoms with Crippen LogP contribution in [0.2, 0.25) is 0 Å². The van der Waals surface area contributed by atoms with Gasteiger partial charge in [0.15, 0.2) is 0 Å². The Kier molecular flexibility index (Phi) is 6.27. The second kappa shape index (κ2) is 9.24. The van der Waals surface area contributed by atoms with Gasteiger partial charge in [0.25, 0.3) is 5.91 Å². The first-order chi connectivity index (χ1) is 14.3. The average Bonchev–Trinajstić information content (AvgIpc) is 2.80. The molecule has 7 heteroatoms. The third-order valence-corrected chi connectivity index (χ3v) is 5.71. The second-order valence-electron chi connectivity index (χ2n) is 7.40. The second-order valence-corrected chi connectivity index (χ2v) is 7.40. The van der Waals surface area contributed by atoms with Gasteiger partial charge in [0.2, 0.25) is 0 Å². The van der Waals surface area contributed by atoms with Gasteiger partial charge >= 0.3 is 0 Å². The lowest BCUT2D eigenvalue weighted by molar-refractivity contribution is 0.0137. The van der Waals surface area contributed by atoms with E-state index < -0.39 is 0 Å². The maximum Gasteiger partial charge on any atom is 0.257 e. The average molecular weight is 396 g/mol. The number of hydrogen-bond donors (Lipinski definition) is 1. The van der Waals surface area contributed by atoms with Gasteiger partial charge in [-0.15, -0.1) is 0 Å². The van der Waals surface area contributed by atoms with Crippen molar-refractivity contribution in [3.8, 4) is 5.75 Å². The topological polar surface area (TPSA) is 66.9 Å². The number of amides is 1. The fourth-order valence-corrected chi connectivity index (χ4v) is 4.06. The summed E-state index contributed by atoms with van der Waals surface area (Å²) in [4.78, 5) is 22.1. The summed E-state index contributed by atoms with van der Waals surface area (Å²) in [7, 11) is 1.63. The number of nitrogens with zero attached hydrogens (tertiary/aromatic N) is 3. The van der Waals surface area contributed by atoms with Gasteiger partial charge in [0.05, 0.1) is 18.4 Å². The van der Waals surface area contributed by atoms with Crippen molar-refractivity contribution in [2.75, 3.05) is 51.8 Å². The number of piperazine rings is 1. The molecule has 2 fully saturated rings. The molecule has 0 saturated carbocycles. The number of pyridine rings is 1. The van der Waals surface area contributed by atoms with Crippen molar-refractivity contribution < 1.29 is 14.3 Å². The molecule has 0 unspecified atom stereocenters. The Hall–Kier alpha value is -2.64. The number of ether oxygens (including phenoxy) is 2. The number of para-hydroxylation sites is 2. The van der Waals surface area contributed by atoms with Crippen molar-refractivity contribution in [1.82, 2.24) is 14.8 Å². The summed E-state index contributed by atoms with van der Waals surface area (Å²) in [5.74, 6) is 1.28. The molecule has 2 saturated heterocycles. The van der Waals surface area contributed by atoms with E-state index in [-0.39, 0.29) is 5.91 Å². The Bertz CT molecular complexity index is 830. The van der Waals surface area contributed by atoms with E-state index in [0.29, 0.717) is 23.2 Å². The molecule has 29 heavy (non-hydrogen) atoms. The summed E-state index contributed by atoms with van der Waals surface area (Å²) < 4.78 is 10.9. The van der Waals surface area contributed by atoms with Crippen LogP contribution in [0.5, 0.6) is 5.75 Å². The highest BCUT2D eigenvalue weighted by atomic mass is 16.5. The Morgan fingerprint density at radius 1 is 1.10 bits per heavy atom. The van der Waals surface area contributed by atoms with Crippen molar-refractivity contribution in [2.45, 2.75) is 18.9 Å². The van der Waals surface area contributed by atoms with E-state index >= 15 is 0 Å². The van der Waals surface area contributed by atoms with Crippen LogP contribution in [0.3, 0.4) is 0 Å². The van der Waals surface area contributed by atoms with E-state index in [2.05, 4.69) is 15.2 Å². The summed E-state index contributed by atoms with van der Waals surface area (Å²) in [6.45, 7) is 4.98. The minimum absolute atomic E-state index is 0.0159. The van der Waals surface area contributed by atoms with Gasteiger partial charge in [-0.1, -0.05) is 12.1 Å². The lowest BCUT2D eigenvalue weighted by Crippen LogP contribution is -2.53. The van der Waals surface area contributed by atoms with Crippen LogP contribution >= 0.6 is 0 Å². The molecule has 7 nitrogen and oxygen atoms in total. The smallest absolute Gasteiger partial charge is 0.257 e. The van der Waals surface area contributed by atoms with Crippen LogP contribution in [-0.2, 0) is 4.74 Å². The monoisotopic (exact) mass is 396 g/mol. The SMILES string of the molecule is COc1ccccc1Nc1ncccc1C(=O)N1CCN(C2CCOCC2)CC1. The highest BCUT2D eigenvalue weighted by Crippen LogP contribution is 2.28. The van der Waals surface area contributed by atoms with Crippen LogP contribution in [0, 0.1) is 0 Å². The molecular weight excluding hydrogens is 368 g/mol. The molecule has 154 valence electrons. The summed E-state index contributed by atoms with van der Waals surface area (Å²) in [6, 6.07) is 11.8. The lowest BCUT2D eigenvalue weighted by atomic mass is 10.1. The third kappa shape index (κ3) is 4.52. The maximum absolute atomic E-state index is 13.2. The van der Waals surface area contributed by atoms with E-state index in [0.717, 1.165) is 57.9 Å². The number of hydrogen-bond acceptors (Lipinski definition) is 6. The molecule has 1 aromatic carbocycles. The van der Waals surface area contributed by atoms with Crippen molar-refractivity contribution in [3.05, 3.63) is 48.2 Å². The predicted molar refractivity (Wildman–Crippen MR) is 112 cm³/mol. The largest absolute Gasteiger partial charge is 0.495 e. The molecule has 2 aromatic rings. The predicted octanol–water partition coefficient (Wildman–Crippen LogP) is 2.77. The Morgan fingerprint density at radius 3 is 2.62 bits per heavy atom. The molecule has 0 aliphatic carbocycles. The Morgan fingerprint density at radius 2 is 1.86 bits per heavy atom. The van der Waals surface area contributed by atoms with E-state index in [9.17, 15) is 4.79 Å². The Labute approximate surface area is 171 Å². The van der Waals surface area contributed by atoms with Gasteiger partial charge < -0.3 is 19.7 Å². The lowest BCUT2D eigenvalue weighted by Gasteiger charge is -2.40. The van der Waals surface area contributed by atoms with Crippen LogP contribution in [0.25, 0.3) is 0 Å². The highest BCUT2D eigenvalue weighted by molar-refractivity contribution is 5.99. The first kappa shape index (κ1) is 19.7. The number of carbonyl (C=O) groups excluding carboxylic acids is 1. The third-order valence-electron chi connectivity index (χ3n) is 5.71. The molecule has 1 N–H and O–H groups in total. The number of anilines is 2. The van der Waals surface area contributed by atoms with Crippen LogP contribution in [0.15, 0.2) is 42.6 Å². The van der Waals surface area contributed by atoms with E-state index in [1.165, 1.54) is 0 Å². The van der Waals surface area contributed by atoms with Crippen molar-refractivity contribution in [1.29, 1.82) is 0 Å². The fraction of sp³-hybridized carbons (Fsp3) is 0.455. The van der Waals surface area contributed by atoms with Crippen LogP contribution in [0.1, 0.15) is 23.2 Å². The standard InChI is InChI=1S/C22H28N4O3/c1-28-20-7-3-2-6-19(20)24-21-18(5-4-10-23-21)22(27)26-13-11-25(12-14-26)17-8-15-29-16-9-17/h2-7,10,17H,8-9,11-16H2,1H3,(H,23,24). The molecule has 0 radical (unpaired) electrons. The van der Waals surface area contributed by atoms with Crippen LogP contribution in [0.4, 0.5) is 11.5 Å². The van der Waals surface area contributed by atoms with Gasteiger partial charge in [0, 0.05) is 51.6 Å². The summed E-state index contributed by atoms with van der Waals surface area (Å²) in [5.41, 5.74) is 1.37. The molecule has 2 aliphatic rings. The number of carbonyl (C=O) groups is 1. The molecule has 0 atom stereocenters. The van der Waals surface area contributed by atoms with Gasteiger partial charge in [-0.2, -0.15) is 0 Å². The van der Waals surface area contributed by atoms with E-state index in [4.69, 9.17) is 9.47 Å². The molecular formula is C22H28N4O3. The minimum atomic E-state index is 0.0159. The molecule has 0 spiro atoms. The number of nitrogens with one attached hydrogen (secondary N) is 1. The molecule has 1 aromatic heterocycles. The van der Waals surface area contributed by atoms with Gasteiger partial charge in [0.1, 0.15) is 11.6 Å². The van der Waals surface area contributed by atoms with Gasteiger partial charge in [-0.05, 0) is 37.1 Å². The molecule has 4 rings (SSSR count). The number of benzene rings is 1. The zero-order valence-electron chi connectivity index (χ0n) is 16.8. The Balaban J connectivity index is 1.44. The van der Waals surface area contributed by atoms with Crippen molar-refractivity contribution in [2.24, 2.45) is 0 Å².